The first kappa shape index (κ1) is 17.3. The fourth-order valence-electron chi connectivity index (χ4n) is 2.12. The van der Waals surface area contributed by atoms with Gasteiger partial charge in [-0.25, -0.2) is 0 Å². The van der Waals surface area contributed by atoms with Crippen molar-refractivity contribution in [2.24, 2.45) is 0 Å². The van der Waals surface area contributed by atoms with Crippen LogP contribution in [0, 0.1) is 0 Å². The van der Waals surface area contributed by atoms with Crippen LogP contribution >= 0.6 is 23.2 Å². The summed E-state index contributed by atoms with van der Waals surface area (Å²) < 4.78 is 5.41. The Morgan fingerprint density at radius 3 is 2.36 bits per heavy atom. The molecule has 0 atom stereocenters. The normalized spacial score (nSPS) is 10.4. The molecule has 1 aromatic heterocycles. The molecule has 25 heavy (non-hydrogen) atoms. The SMILES string of the molecule is CCOc1ccc(Nc2nncc(Nc3cc(Cl)cc(Cl)c3)n2)cc1. The van der Waals surface area contributed by atoms with E-state index >= 15 is 0 Å². The monoisotopic (exact) mass is 375 g/mol. The third kappa shape index (κ3) is 4.95. The number of hydrogen-bond acceptors (Lipinski definition) is 6. The highest BCUT2D eigenvalue weighted by molar-refractivity contribution is 6.35. The lowest BCUT2D eigenvalue weighted by Gasteiger charge is -2.09. The van der Waals surface area contributed by atoms with Gasteiger partial charge in [-0.1, -0.05) is 23.2 Å². The average molecular weight is 376 g/mol. The minimum absolute atomic E-state index is 0.363. The number of benzene rings is 2. The van der Waals surface area contributed by atoms with Crippen LogP contribution in [-0.4, -0.2) is 21.8 Å². The molecule has 0 saturated carbocycles. The van der Waals surface area contributed by atoms with Crippen LogP contribution in [-0.2, 0) is 0 Å². The van der Waals surface area contributed by atoms with Gasteiger partial charge in [-0.2, -0.15) is 10.1 Å². The molecule has 0 bridgehead atoms. The van der Waals surface area contributed by atoms with Crippen LogP contribution in [0.4, 0.5) is 23.1 Å². The smallest absolute Gasteiger partial charge is 0.249 e. The summed E-state index contributed by atoms with van der Waals surface area (Å²) >= 11 is 12.0. The molecule has 0 aliphatic carbocycles. The van der Waals surface area contributed by atoms with Crippen molar-refractivity contribution in [1.29, 1.82) is 0 Å². The quantitative estimate of drug-likeness (QED) is 0.626. The van der Waals surface area contributed by atoms with Crippen LogP contribution in [0.3, 0.4) is 0 Å². The van der Waals surface area contributed by atoms with Gasteiger partial charge < -0.3 is 15.4 Å². The molecule has 2 aromatic carbocycles. The van der Waals surface area contributed by atoms with Gasteiger partial charge in [-0.05, 0) is 49.4 Å². The van der Waals surface area contributed by atoms with Gasteiger partial charge in [0.1, 0.15) is 5.75 Å². The van der Waals surface area contributed by atoms with Gasteiger partial charge in [0.2, 0.25) is 5.95 Å². The van der Waals surface area contributed by atoms with Crippen LogP contribution in [0.5, 0.6) is 5.75 Å². The predicted octanol–water partition coefficient (Wildman–Crippen LogP) is 5.06. The van der Waals surface area contributed by atoms with Crippen LogP contribution in [0.15, 0.2) is 48.7 Å². The molecule has 0 fully saturated rings. The number of rotatable bonds is 6. The summed E-state index contributed by atoms with van der Waals surface area (Å²) in [5, 5.41) is 15.2. The Hall–Kier alpha value is -2.57. The molecule has 3 rings (SSSR count). The minimum Gasteiger partial charge on any atom is -0.494 e. The van der Waals surface area contributed by atoms with E-state index in [2.05, 4.69) is 25.8 Å². The van der Waals surface area contributed by atoms with Gasteiger partial charge in [-0.15, -0.1) is 5.10 Å². The summed E-state index contributed by atoms with van der Waals surface area (Å²) in [6, 6.07) is 12.6. The molecule has 3 aromatic rings. The van der Waals surface area contributed by atoms with Crippen LogP contribution in [0.2, 0.25) is 10.0 Å². The molecule has 8 heteroatoms. The number of nitrogens with zero attached hydrogens (tertiary/aromatic N) is 3. The lowest BCUT2D eigenvalue weighted by atomic mass is 10.3. The maximum Gasteiger partial charge on any atom is 0.249 e. The molecule has 1 heterocycles. The zero-order valence-electron chi connectivity index (χ0n) is 13.3. The first-order valence-electron chi connectivity index (χ1n) is 7.55. The Morgan fingerprint density at radius 2 is 1.68 bits per heavy atom. The van der Waals surface area contributed by atoms with Crippen LogP contribution < -0.4 is 15.4 Å². The van der Waals surface area contributed by atoms with Crippen molar-refractivity contribution < 1.29 is 4.74 Å². The first-order chi connectivity index (χ1) is 12.1. The van der Waals surface area contributed by atoms with E-state index in [1.54, 1.807) is 18.2 Å². The second-order valence-electron chi connectivity index (χ2n) is 5.03. The van der Waals surface area contributed by atoms with Crippen molar-refractivity contribution in [2.45, 2.75) is 6.92 Å². The highest BCUT2D eigenvalue weighted by Crippen LogP contribution is 2.25. The van der Waals surface area contributed by atoms with E-state index in [9.17, 15) is 0 Å². The highest BCUT2D eigenvalue weighted by atomic mass is 35.5. The van der Waals surface area contributed by atoms with Gasteiger partial charge in [-0.3, -0.25) is 0 Å². The summed E-state index contributed by atoms with van der Waals surface area (Å²) in [6.07, 6.45) is 1.51. The second kappa shape index (κ2) is 8.00. The molecule has 0 radical (unpaired) electrons. The molecule has 2 N–H and O–H groups in total. The molecule has 0 aliphatic heterocycles. The van der Waals surface area contributed by atoms with Gasteiger partial charge in [0.25, 0.3) is 0 Å². The van der Waals surface area contributed by atoms with Crippen molar-refractivity contribution >= 4 is 46.3 Å². The molecule has 0 aliphatic rings. The van der Waals surface area contributed by atoms with E-state index in [0.717, 1.165) is 11.4 Å². The van der Waals surface area contributed by atoms with Gasteiger partial charge in [0.15, 0.2) is 5.82 Å². The largest absolute Gasteiger partial charge is 0.494 e. The molecular formula is C17H15Cl2N5O. The summed E-state index contributed by atoms with van der Waals surface area (Å²) in [6.45, 7) is 2.57. The molecular weight excluding hydrogens is 361 g/mol. The predicted molar refractivity (Wildman–Crippen MR) is 100 cm³/mol. The standard InChI is InChI=1S/C17H15Cl2N5O/c1-2-25-15-5-3-13(4-6-15)22-17-23-16(10-20-24-17)21-14-8-11(18)7-12(19)9-14/h3-10H,2H2,1H3,(H2,21,22,23,24). The highest BCUT2D eigenvalue weighted by Gasteiger charge is 2.04. The number of ether oxygens (including phenoxy) is 1. The fraction of sp³-hybridized carbons (Fsp3) is 0.118. The van der Waals surface area contributed by atoms with Crippen LogP contribution in [0.25, 0.3) is 0 Å². The third-order valence-corrected chi connectivity index (χ3v) is 3.55. The average Bonchev–Trinajstić information content (AvgIpc) is 2.56. The second-order valence-corrected chi connectivity index (χ2v) is 5.90. The molecule has 0 unspecified atom stereocenters. The zero-order valence-corrected chi connectivity index (χ0v) is 14.8. The van der Waals surface area contributed by atoms with E-state index in [4.69, 9.17) is 27.9 Å². The number of aromatic nitrogens is 3. The van der Waals surface area contributed by atoms with Crippen molar-refractivity contribution in [3.63, 3.8) is 0 Å². The van der Waals surface area contributed by atoms with Crippen molar-refractivity contribution in [2.75, 3.05) is 17.2 Å². The van der Waals surface area contributed by atoms with Gasteiger partial charge in [0.05, 0.1) is 12.8 Å². The van der Waals surface area contributed by atoms with E-state index < -0.39 is 0 Å². The van der Waals surface area contributed by atoms with Crippen LogP contribution in [0.1, 0.15) is 6.92 Å². The maximum atomic E-state index is 5.99. The van der Waals surface area contributed by atoms with E-state index in [1.165, 1.54) is 6.20 Å². The Kier molecular flexibility index (Phi) is 5.53. The summed E-state index contributed by atoms with van der Waals surface area (Å²) in [5.74, 6) is 1.68. The summed E-state index contributed by atoms with van der Waals surface area (Å²) in [4.78, 5) is 4.37. The summed E-state index contributed by atoms with van der Waals surface area (Å²) in [7, 11) is 0. The Labute approximate surface area is 155 Å². The third-order valence-electron chi connectivity index (χ3n) is 3.12. The maximum absolute atomic E-state index is 5.99. The molecule has 0 spiro atoms. The van der Waals surface area contributed by atoms with E-state index in [0.29, 0.717) is 34.1 Å². The van der Waals surface area contributed by atoms with Crippen molar-refractivity contribution in [3.8, 4) is 5.75 Å². The number of anilines is 4. The van der Waals surface area contributed by atoms with E-state index in [-0.39, 0.29) is 0 Å². The minimum atomic E-state index is 0.363. The fourth-order valence-corrected chi connectivity index (χ4v) is 2.65. The van der Waals surface area contributed by atoms with Crippen molar-refractivity contribution in [3.05, 3.63) is 58.7 Å². The van der Waals surface area contributed by atoms with Gasteiger partial charge in [0, 0.05) is 21.4 Å². The Balaban J connectivity index is 1.72. The topological polar surface area (TPSA) is 72.0 Å². The lowest BCUT2D eigenvalue weighted by Crippen LogP contribution is -2.02. The lowest BCUT2D eigenvalue weighted by molar-refractivity contribution is 0.340. The van der Waals surface area contributed by atoms with Gasteiger partial charge >= 0.3 is 0 Å². The van der Waals surface area contributed by atoms with Crippen molar-refractivity contribution in [1.82, 2.24) is 15.2 Å². The number of hydrogen-bond donors (Lipinski definition) is 2. The Morgan fingerprint density at radius 1 is 0.960 bits per heavy atom. The Bertz CT molecular complexity index is 838. The number of nitrogens with one attached hydrogen (secondary N) is 2. The molecule has 128 valence electrons. The first-order valence-corrected chi connectivity index (χ1v) is 8.30. The number of halogens is 2. The van der Waals surface area contributed by atoms with E-state index in [1.807, 2.05) is 31.2 Å². The summed E-state index contributed by atoms with van der Waals surface area (Å²) in [5.41, 5.74) is 1.54. The molecule has 0 amide bonds. The zero-order chi connectivity index (χ0) is 17.6. The molecule has 0 saturated heterocycles. The molecule has 6 nitrogen and oxygen atoms in total.